The van der Waals surface area contributed by atoms with Crippen molar-refractivity contribution in [1.82, 2.24) is 15.1 Å². The molecular weight excluding hydrogens is 311 g/mol. The number of ether oxygens (including phenoxy) is 1. The molecule has 6 nitrogen and oxygen atoms in total. The molecule has 1 amide bonds. The van der Waals surface area contributed by atoms with Gasteiger partial charge in [0.05, 0.1) is 18.4 Å². The fourth-order valence-electron chi connectivity index (χ4n) is 2.21. The number of aryl methyl sites for hydroxylation is 1. The molecule has 1 heterocycles. The highest BCUT2D eigenvalue weighted by Gasteiger charge is 2.15. The molecule has 24 heavy (non-hydrogen) atoms. The van der Waals surface area contributed by atoms with Gasteiger partial charge in [-0.1, -0.05) is 0 Å². The van der Waals surface area contributed by atoms with Crippen LogP contribution in [0.5, 0.6) is 0 Å². The topological polar surface area (TPSA) is 82.2 Å². The quantitative estimate of drug-likeness (QED) is 0.842. The molecule has 130 valence electrons. The molecule has 0 aliphatic heterocycles. The average Bonchev–Trinajstić information content (AvgIpc) is 2.89. The van der Waals surface area contributed by atoms with E-state index in [9.17, 15) is 9.18 Å². The SMILES string of the molecule is Cc1cc(F)c(N)cc1-c1cnn(CCNC(=O)OC(C)(C)C)c1. The predicted octanol–water partition coefficient (Wildman–Crippen LogP) is 3.10. The number of hydrogen-bond donors (Lipinski definition) is 2. The Morgan fingerprint density at radius 1 is 1.42 bits per heavy atom. The van der Waals surface area contributed by atoms with Crippen molar-refractivity contribution in [2.45, 2.75) is 39.8 Å². The largest absolute Gasteiger partial charge is 0.444 e. The number of anilines is 1. The molecule has 2 rings (SSSR count). The van der Waals surface area contributed by atoms with Crippen LogP contribution in [0, 0.1) is 12.7 Å². The van der Waals surface area contributed by atoms with Gasteiger partial charge in [-0.25, -0.2) is 9.18 Å². The number of nitrogens with two attached hydrogens (primary N) is 1. The first-order valence-corrected chi connectivity index (χ1v) is 7.71. The fourth-order valence-corrected chi connectivity index (χ4v) is 2.21. The van der Waals surface area contributed by atoms with Gasteiger partial charge in [0, 0.05) is 18.3 Å². The molecule has 0 aliphatic carbocycles. The Bertz CT molecular complexity index is 735. The van der Waals surface area contributed by atoms with Crippen molar-refractivity contribution < 1.29 is 13.9 Å². The third-order valence-corrected chi connectivity index (χ3v) is 3.30. The van der Waals surface area contributed by atoms with E-state index >= 15 is 0 Å². The van der Waals surface area contributed by atoms with Gasteiger partial charge in [-0.3, -0.25) is 4.68 Å². The van der Waals surface area contributed by atoms with Crippen LogP contribution in [-0.2, 0) is 11.3 Å². The summed E-state index contributed by atoms with van der Waals surface area (Å²) in [7, 11) is 0. The molecule has 0 atom stereocenters. The molecule has 3 N–H and O–H groups in total. The van der Waals surface area contributed by atoms with E-state index in [1.54, 1.807) is 16.9 Å². The number of nitrogen functional groups attached to an aromatic ring is 1. The van der Waals surface area contributed by atoms with Gasteiger partial charge >= 0.3 is 6.09 Å². The van der Waals surface area contributed by atoms with E-state index in [0.717, 1.165) is 16.7 Å². The number of halogens is 1. The molecule has 0 saturated carbocycles. The fraction of sp³-hybridized carbons (Fsp3) is 0.412. The summed E-state index contributed by atoms with van der Waals surface area (Å²) in [5.74, 6) is -0.426. The Kier molecular flexibility index (Phi) is 5.11. The van der Waals surface area contributed by atoms with Crippen LogP contribution in [0.4, 0.5) is 14.9 Å². The lowest BCUT2D eigenvalue weighted by molar-refractivity contribution is 0.0525. The molecule has 1 aromatic carbocycles. The standard InChI is InChI=1S/C17H23FN4O2/c1-11-7-14(18)15(19)8-13(11)12-9-21-22(10-12)6-5-20-16(23)24-17(2,3)4/h7-10H,5-6,19H2,1-4H3,(H,20,23). The number of carbonyl (C=O) groups excluding carboxylic acids is 1. The highest BCUT2D eigenvalue weighted by atomic mass is 19.1. The summed E-state index contributed by atoms with van der Waals surface area (Å²) < 4.78 is 20.3. The number of nitrogens with zero attached hydrogens (tertiary/aromatic N) is 2. The molecule has 0 spiro atoms. The van der Waals surface area contributed by atoms with Crippen LogP contribution in [0.25, 0.3) is 11.1 Å². The molecule has 2 aromatic rings. The predicted molar refractivity (Wildman–Crippen MR) is 91.0 cm³/mol. The van der Waals surface area contributed by atoms with E-state index in [4.69, 9.17) is 10.5 Å². The Morgan fingerprint density at radius 3 is 2.79 bits per heavy atom. The van der Waals surface area contributed by atoms with E-state index in [1.807, 2.05) is 33.9 Å². The van der Waals surface area contributed by atoms with Gasteiger partial charge in [0.25, 0.3) is 0 Å². The van der Waals surface area contributed by atoms with E-state index in [-0.39, 0.29) is 5.69 Å². The number of carbonyl (C=O) groups is 1. The molecule has 0 unspecified atom stereocenters. The first-order chi connectivity index (χ1) is 11.2. The van der Waals surface area contributed by atoms with Crippen molar-refractivity contribution in [2.24, 2.45) is 0 Å². The monoisotopic (exact) mass is 334 g/mol. The van der Waals surface area contributed by atoms with E-state index in [0.29, 0.717) is 13.1 Å². The van der Waals surface area contributed by atoms with Crippen molar-refractivity contribution >= 4 is 11.8 Å². The Hall–Kier alpha value is -2.57. The summed E-state index contributed by atoms with van der Waals surface area (Å²) in [6.07, 6.45) is 3.06. The molecule has 0 fully saturated rings. The number of nitrogens with one attached hydrogen (secondary N) is 1. The molecule has 0 aliphatic rings. The van der Waals surface area contributed by atoms with Gasteiger partial charge in [0.1, 0.15) is 11.4 Å². The van der Waals surface area contributed by atoms with Crippen molar-refractivity contribution in [3.63, 3.8) is 0 Å². The van der Waals surface area contributed by atoms with Gasteiger partial charge in [-0.15, -0.1) is 0 Å². The Balaban J connectivity index is 1.97. The number of rotatable bonds is 4. The summed E-state index contributed by atoms with van der Waals surface area (Å²) in [5.41, 5.74) is 7.68. The van der Waals surface area contributed by atoms with Gasteiger partial charge in [0.2, 0.25) is 0 Å². The molecular formula is C17H23FN4O2. The number of aromatic nitrogens is 2. The average molecular weight is 334 g/mol. The zero-order valence-electron chi connectivity index (χ0n) is 14.4. The Labute approximate surface area is 140 Å². The smallest absolute Gasteiger partial charge is 0.407 e. The highest BCUT2D eigenvalue weighted by molar-refractivity contribution is 5.70. The van der Waals surface area contributed by atoms with Crippen molar-refractivity contribution in [3.8, 4) is 11.1 Å². The number of hydrogen-bond acceptors (Lipinski definition) is 4. The van der Waals surface area contributed by atoms with Crippen LogP contribution in [0.15, 0.2) is 24.5 Å². The normalized spacial score (nSPS) is 11.4. The van der Waals surface area contributed by atoms with Crippen molar-refractivity contribution in [2.75, 3.05) is 12.3 Å². The maximum Gasteiger partial charge on any atom is 0.407 e. The first-order valence-electron chi connectivity index (χ1n) is 7.71. The lowest BCUT2D eigenvalue weighted by atomic mass is 10.0. The molecule has 1 aromatic heterocycles. The van der Waals surface area contributed by atoms with Gasteiger partial charge in [-0.2, -0.15) is 5.10 Å². The van der Waals surface area contributed by atoms with Crippen molar-refractivity contribution in [1.29, 1.82) is 0 Å². The summed E-state index contributed by atoms with van der Waals surface area (Å²) >= 11 is 0. The number of benzene rings is 1. The van der Waals surface area contributed by atoms with E-state index < -0.39 is 17.5 Å². The second-order valence-electron chi connectivity index (χ2n) is 6.61. The van der Waals surface area contributed by atoms with Crippen LogP contribution in [-0.4, -0.2) is 28.0 Å². The maximum atomic E-state index is 13.4. The zero-order valence-corrected chi connectivity index (χ0v) is 14.4. The van der Waals surface area contributed by atoms with Crippen molar-refractivity contribution in [3.05, 3.63) is 35.9 Å². The third kappa shape index (κ3) is 4.71. The molecule has 7 heteroatoms. The third-order valence-electron chi connectivity index (χ3n) is 3.30. The van der Waals surface area contributed by atoms with Crippen LogP contribution >= 0.6 is 0 Å². The van der Waals surface area contributed by atoms with Crippen LogP contribution in [0.1, 0.15) is 26.3 Å². The molecule has 0 saturated heterocycles. The lowest BCUT2D eigenvalue weighted by Crippen LogP contribution is -2.34. The molecule has 0 radical (unpaired) electrons. The molecule has 0 bridgehead atoms. The van der Waals surface area contributed by atoms with E-state index in [2.05, 4.69) is 10.4 Å². The second kappa shape index (κ2) is 6.90. The first kappa shape index (κ1) is 17.8. The second-order valence-corrected chi connectivity index (χ2v) is 6.61. The number of alkyl carbamates (subject to hydrolysis) is 1. The van der Waals surface area contributed by atoms with Gasteiger partial charge in [0.15, 0.2) is 0 Å². The van der Waals surface area contributed by atoms with Crippen LogP contribution in [0.3, 0.4) is 0 Å². The summed E-state index contributed by atoms with van der Waals surface area (Å²) in [6.45, 7) is 8.13. The van der Waals surface area contributed by atoms with Gasteiger partial charge in [-0.05, 0) is 51.0 Å². The zero-order chi connectivity index (χ0) is 17.9. The van der Waals surface area contributed by atoms with Crippen LogP contribution < -0.4 is 11.1 Å². The highest BCUT2D eigenvalue weighted by Crippen LogP contribution is 2.27. The minimum absolute atomic E-state index is 0.106. The van der Waals surface area contributed by atoms with Crippen LogP contribution in [0.2, 0.25) is 0 Å². The Morgan fingerprint density at radius 2 is 2.12 bits per heavy atom. The number of amides is 1. The summed E-state index contributed by atoms with van der Waals surface area (Å²) in [6, 6.07) is 3.01. The minimum Gasteiger partial charge on any atom is -0.444 e. The van der Waals surface area contributed by atoms with Gasteiger partial charge < -0.3 is 15.8 Å². The maximum absolute atomic E-state index is 13.4. The van der Waals surface area contributed by atoms with E-state index in [1.165, 1.54) is 6.07 Å². The summed E-state index contributed by atoms with van der Waals surface area (Å²) in [4.78, 5) is 11.6. The summed E-state index contributed by atoms with van der Waals surface area (Å²) in [5, 5.41) is 6.92. The minimum atomic E-state index is -0.525. The lowest BCUT2D eigenvalue weighted by Gasteiger charge is -2.19.